The van der Waals surface area contributed by atoms with E-state index in [4.69, 9.17) is 4.42 Å². The van der Waals surface area contributed by atoms with Crippen molar-refractivity contribution in [3.8, 4) is 5.75 Å². The number of rotatable bonds is 2. The first kappa shape index (κ1) is 12.2. The third-order valence-corrected chi connectivity index (χ3v) is 3.33. The van der Waals surface area contributed by atoms with E-state index in [9.17, 15) is 9.90 Å². The van der Waals surface area contributed by atoms with Crippen LogP contribution in [0.1, 0.15) is 11.3 Å². The van der Waals surface area contributed by atoms with Gasteiger partial charge in [-0.2, -0.15) is 0 Å². The number of phenolic OH excluding ortho intramolecular Hbond substituents is 1. The third kappa shape index (κ3) is 1.57. The highest BCUT2D eigenvalue weighted by atomic mass is 16.3. The number of benzene rings is 2. The number of hydrogen-bond acceptors (Lipinski definition) is 3. The van der Waals surface area contributed by atoms with Gasteiger partial charge in [-0.15, -0.1) is 0 Å². The lowest BCUT2D eigenvalue weighted by Gasteiger charge is -2.07. The molecule has 0 aliphatic heterocycles. The quantitative estimate of drug-likeness (QED) is 0.713. The second-order valence-corrected chi connectivity index (χ2v) is 4.43. The molecule has 0 saturated heterocycles. The van der Waals surface area contributed by atoms with Gasteiger partial charge in [-0.3, -0.25) is 4.79 Å². The van der Waals surface area contributed by atoms with Crippen LogP contribution in [0, 0.1) is 0 Å². The van der Waals surface area contributed by atoms with E-state index in [1.807, 2.05) is 6.07 Å². The maximum absolute atomic E-state index is 12.6. The van der Waals surface area contributed by atoms with Crippen LogP contribution < -0.4 is 5.43 Å². The Kier molecular flexibility index (Phi) is 2.68. The predicted molar refractivity (Wildman–Crippen MR) is 81.8 cm³/mol. The first-order valence-electron chi connectivity index (χ1n) is 6.13. The van der Waals surface area contributed by atoms with Crippen molar-refractivity contribution in [2.75, 3.05) is 0 Å². The minimum atomic E-state index is -0.219. The summed E-state index contributed by atoms with van der Waals surface area (Å²) in [6.07, 6.45) is 2.92. The largest absolute Gasteiger partial charge is 0.507 e. The molecule has 0 amide bonds. The van der Waals surface area contributed by atoms with Crippen molar-refractivity contribution in [1.82, 2.24) is 0 Å². The van der Waals surface area contributed by atoms with Gasteiger partial charge in [0.2, 0.25) is 5.43 Å². The van der Waals surface area contributed by atoms with E-state index in [0.29, 0.717) is 27.7 Å². The summed E-state index contributed by atoms with van der Waals surface area (Å²) in [6.45, 7) is 7.28. The van der Waals surface area contributed by atoms with Crippen LogP contribution >= 0.6 is 0 Å². The number of phenols is 1. The van der Waals surface area contributed by atoms with Crippen LogP contribution in [0.2, 0.25) is 0 Å². The van der Waals surface area contributed by atoms with Gasteiger partial charge in [0.05, 0.1) is 10.9 Å². The average Bonchev–Trinajstić information content (AvgIpc) is 2.46. The molecule has 0 unspecified atom stereocenters. The molecule has 2 aromatic carbocycles. The molecule has 3 rings (SSSR count). The van der Waals surface area contributed by atoms with Gasteiger partial charge < -0.3 is 9.52 Å². The van der Waals surface area contributed by atoms with Gasteiger partial charge in [-0.05, 0) is 23.6 Å². The second-order valence-electron chi connectivity index (χ2n) is 4.43. The maximum Gasteiger partial charge on any atom is 0.201 e. The van der Waals surface area contributed by atoms with Crippen LogP contribution in [0.5, 0.6) is 5.75 Å². The highest BCUT2D eigenvalue weighted by molar-refractivity contribution is 6.09. The van der Waals surface area contributed by atoms with E-state index in [-0.39, 0.29) is 11.2 Å². The van der Waals surface area contributed by atoms with Gasteiger partial charge in [0.1, 0.15) is 17.1 Å². The SMILES string of the molecule is C=Cc1oc2ccc3cccc(O)c3c2c(=O)c1C=C. The van der Waals surface area contributed by atoms with Crippen LogP contribution in [0.25, 0.3) is 33.9 Å². The smallest absolute Gasteiger partial charge is 0.201 e. The molecule has 3 heteroatoms. The molecule has 0 atom stereocenters. The topological polar surface area (TPSA) is 50.4 Å². The van der Waals surface area contributed by atoms with Gasteiger partial charge in [0.25, 0.3) is 0 Å². The molecule has 0 aliphatic rings. The summed E-state index contributed by atoms with van der Waals surface area (Å²) >= 11 is 0. The van der Waals surface area contributed by atoms with E-state index in [1.54, 1.807) is 24.3 Å². The molecule has 98 valence electrons. The minimum Gasteiger partial charge on any atom is -0.507 e. The molecule has 20 heavy (non-hydrogen) atoms. The average molecular weight is 264 g/mol. The molecule has 3 aromatic rings. The summed E-state index contributed by atoms with van der Waals surface area (Å²) in [7, 11) is 0. The van der Waals surface area contributed by atoms with Crippen LogP contribution in [-0.2, 0) is 0 Å². The molecule has 0 bridgehead atoms. The lowest BCUT2D eigenvalue weighted by Crippen LogP contribution is -2.08. The molecule has 3 nitrogen and oxygen atoms in total. The summed E-state index contributed by atoms with van der Waals surface area (Å²) in [6, 6.07) is 8.65. The molecule has 0 fully saturated rings. The van der Waals surface area contributed by atoms with Gasteiger partial charge >= 0.3 is 0 Å². The highest BCUT2D eigenvalue weighted by Crippen LogP contribution is 2.31. The molecule has 0 saturated carbocycles. The monoisotopic (exact) mass is 264 g/mol. The Morgan fingerprint density at radius 1 is 1.05 bits per heavy atom. The molecule has 0 spiro atoms. The lowest BCUT2D eigenvalue weighted by molar-refractivity contribution is 0.482. The fraction of sp³-hybridized carbons (Fsp3) is 0. The van der Waals surface area contributed by atoms with E-state index in [1.165, 1.54) is 12.2 Å². The molecule has 0 radical (unpaired) electrons. The van der Waals surface area contributed by atoms with Gasteiger partial charge in [0.15, 0.2) is 0 Å². The highest BCUT2D eigenvalue weighted by Gasteiger charge is 2.14. The summed E-state index contributed by atoms with van der Waals surface area (Å²) in [5.41, 5.74) is 0.552. The van der Waals surface area contributed by atoms with E-state index < -0.39 is 0 Å². The Morgan fingerprint density at radius 2 is 1.85 bits per heavy atom. The first-order chi connectivity index (χ1) is 9.67. The summed E-state index contributed by atoms with van der Waals surface area (Å²) < 4.78 is 5.68. The molecule has 1 N–H and O–H groups in total. The van der Waals surface area contributed by atoms with Crippen molar-refractivity contribution in [2.45, 2.75) is 0 Å². The molecular weight excluding hydrogens is 252 g/mol. The van der Waals surface area contributed by atoms with Crippen molar-refractivity contribution in [1.29, 1.82) is 0 Å². The Balaban J connectivity index is 2.67. The third-order valence-electron chi connectivity index (χ3n) is 3.33. The first-order valence-corrected chi connectivity index (χ1v) is 6.13. The Hall–Kier alpha value is -2.81. The summed E-state index contributed by atoms with van der Waals surface area (Å²) in [5.74, 6) is 0.439. The lowest BCUT2D eigenvalue weighted by atomic mass is 10.0. The van der Waals surface area contributed by atoms with Gasteiger partial charge in [-0.25, -0.2) is 0 Å². The van der Waals surface area contributed by atoms with Crippen molar-refractivity contribution < 1.29 is 9.52 Å². The van der Waals surface area contributed by atoms with Crippen molar-refractivity contribution >= 4 is 33.9 Å². The zero-order chi connectivity index (χ0) is 14.3. The maximum atomic E-state index is 12.6. The van der Waals surface area contributed by atoms with E-state index in [2.05, 4.69) is 13.2 Å². The zero-order valence-corrected chi connectivity index (χ0v) is 10.7. The Bertz CT molecular complexity index is 917. The number of aromatic hydroxyl groups is 1. The van der Waals surface area contributed by atoms with Crippen LogP contribution in [0.3, 0.4) is 0 Å². The zero-order valence-electron chi connectivity index (χ0n) is 10.7. The van der Waals surface area contributed by atoms with Crippen LogP contribution in [0.15, 0.2) is 52.7 Å². The van der Waals surface area contributed by atoms with Crippen molar-refractivity contribution in [3.63, 3.8) is 0 Å². The number of fused-ring (bicyclic) bond motifs is 3. The Morgan fingerprint density at radius 3 is 2.55 bits per heavy atom. The van der Waals surface area contributed by atoms with Crippen LogP contribution in [-0.4, -0.2) is 5.11 Å². The molecule has 0 aliphatic carbocycles. The number of hydrogen-bond donors (Lipinski definition) is 1. The Labute approximate surface area is 115 Å². The minimum absolute atomic E-state index is 0.0572. The summed E-state index contributed by atoms with van der Waals surface area (Å²) in [4.78, 5) is 12.6. The van der Waals surface area contributed by atoms with Crippen molar-refractivity contribution in [2.24, 2.45) is 0 Å². The summed E-state index contributed by atoms with van der Waals surface area (Å²) in [5, 5.41) is 11.7. The van der Waals surface area contributed by atoms with Crippen LogP contribution in [0.4, 0.5) is 0 Å². The van der Waals surface area contributed by atoms with E-state index in [0.717, 1.165) is 5.39 Å². The van der Waals surface area contributed by atoms with E-state index >= 15 is 0 Å². The second kappa shape index (κ2) is 4.38. The predicted octanol–water partition coefficient (Wildman–Crippen LogP) is 3.94. The van der Waals surface area contributed by atoms with Crippen molar-refractivity contribution in [3.05, 3.63) is 65.0 Å². The van der Waals surface area contributed by atoms with Gasteiger partial charge in [0, 0.05) is 5.39 Å². The van der Waals surface area contributed by atoms with Gasteiger partial charge in [-0.1, -0.05) is 37.4 Å². The fourth-order valence-electron chi connectivity index (χ4n) is 2.42. The molecular formula is C17H12O3. The fourth-order valence-corrected chi connectivity index (χ4v) is 2.42. The standard InChI is InChI=1S/C17H12O3/c1-3-11-13(4-2)20-14-9-8-10-6-5-7-12(18)15(10)16(14)17(11)19/h3-9,18H,1-2H2. The molecule has 1 aromatic heterocycles. The normalized spacial score (nSPS) is 10.8. The molecule has 1 heterocycles.